The summed E-state index contributed by atoms with van der Waals surface area (Å²) < 4.78 is 5.12. The molecule has 1 aliphatic heterocycles. The third-order valence-corrected chi connectivity index (χ3v) is 2.03. The molecule has 1 heterocycles. The van der Waals surface area contributed by atoms with Crippen LogP contribution >= 0.6 is 0 Å². The van der Waals surface area contributed by atoms with Gasteiger partial charge in [-0.15, -0.1) is 0 Å². The van der Waals surface area contributed by atoms with Crippen LogP contribution in [0.25, 0.3) is 0 Å². The van der Waals surface area contributed by atoms with E-state index in [2.05, 4.69) is 5.43 Å². The molecule has 2 rings (SSSR count). The normalized spacial score (nSPS) is 15.6. The minimum atomic E-state index is -0.339. The Labute approximate surface area is 82.4 Å². The number of carbonyl (C=O) groups is 1. The van der Waals surface area contributed by atoms with Crippen LogP contribution in [-0.4, -0.2) is 24.2 Å². The van der Waals surface area contributed by atoms with Crippen molar-refractivity contribution in [1.29, 1.82) is 0 Å². The number of hydrogen-bond donors (Lipinski definition) is 1. The quantitative estimate of drug-likeness (QED) is 0.731. The van der Waals surface area contributed by atoms with Gasteiger partial charge in [0.2, 0.25) is 0 Å². The first-order valence-corrected chi connectivity index (χ1v) is 4.64. The fourth-order valence-corrected chi connectivity index (χ4v) is 1.33. The lowest BCUT2D eigenvalue weighted by atomic mass is 10.3. The van der Waals surface area contributed by atoms with Crippen molar-refractivity contribution in [1.82, 2.24) is 10.4 Å². The van der Waals surface area contributed by atoms with Crippen molar-refractivity contribution in [3.63, 3.8) is 0 Å². The lowest BCUT2D eigenvalue weighted by Gasteiger charge is -2.14. The maximum Gasteiger partial charge on any atom is 0.429 e. The molecule has 0 saturated carbocycles. The van der Waals surface area contributed by atoms with Crippen molar-refractivity contribution in [2.24, 2.45) is 0 Å². The van der Waals surface area contributed by atoms with E-state index in [1.54, 1.807) is 12.1 Å². The Balaban J connectivity index is 1.94. The van der Waals surface area contributed by atoms with Gasteiger partial charge in [0, 0.05) is 13.1 Å². The fourth-order valence-electron chi connectivity index (χ4n) is 1.33. The van der Waals surface area contributed by atoms with Crippen LogP contribution in [0.2, 0.25) is 0 Å². The third-order valence-electron chi connectivity index (χ3n) is 2.03. The van der Waals surface area contributed by atoms with Crippen LogP contribution in [0.15, 0.2) is 30.3 Å². The Morgan fingerprint density at radius 2 is 2.14 bits per heavy atom. The first kappa shape index (κ1) is 9.02. The maximum absolute atomic E-state index is 11.5. The Bertz CT molecular complexity index is 307. The Kier molecular flexibility index (Phi) is 2.65. The number of benzene rings is 1. The smallest absolute Gasteiger partial charge is 0.409 e. The summed E-state index contributed by atoms with van der Waals surface area (Å²) in [5, 5.41) is 1.49. The van der Waals surface area contributed by atoms with Gasteiger partial charge in [0.15, 0.2) is 0 Å². The van der Waals surface area contributed by atoms with E-state index < -0.39 is 0 Å². The van der Waals surface area contributed by atoms with E-state index in [1.165, 1.54) is 5.01 Å². The number of amides is 1. The molecule has 1 aromatic carbocycles. The highest BCUT2D eigenvalue weighted by Gasteiger charge is 2.19. The van der Waals surface area contributed by atoms with Gasteiger partial charge in [-0.05, 0) is 18.6 Å². The molecule has 0 aromatic heterocycles. The molecule has 0 unspecified atom stereocenters. The number of hydrogen-bond acceptors (Lipinski definition) is 3. The second-order valence-corrected chi connectivity index (χ2v) is 3.09. The molecular formula is C10H12N2O2. The highest BCUT2D eigenvalue weighted by atomic mass is 16.6. The third kappa shape index (κ3) is 2.03. The number of hydrazine groups is 1. The number of nitrogens with one attached hydrogen (secondary N) is 1. The van der Waals surface area contributed by atoms with Gasteiger partial charge in [0.25, 0.3) is 0 Å². The van der Waals surface area contributed by atoms with Gasteiger partial charge in [-0.2, -0.15) is 0 Å². The number of ether oxygens (including phenoxy) is 1. The molecule has 0 bridgehead atoms. The molecule has 4 heteroatoms. The molecule has 0 spiro atoms. The zero-order chi connectivity index (χ0) is 9.80. The van der Waals surface area contributed by atoms with Crippen LogP contribution < -0.4 is 10.2 Å². The Hall–Kier alpha value is -1.55. The highest BCUT2D eigenvalue weighted by Crippen LogP contribution is 2.10. The van der Waals surface area contributed by atoms with E-state index in [0.29, 0.717) is 12.3 Å². The first-order valence-electron chi connectivity index (χ1n) is 4.64. The van der Waals surface area contributed by atoms with E-state index in [9.17, 15) is 4.79 Å². The van der Waals surface area contributed by atoms with Gasteiger partial charge in [0.05, 0.1) is 0 Å². The van der Waals surface area contributed by atoms with Crippen molar-refractivity contribution in [2.75, 3.05) is 13.1 Å². The summed E-state index contributed by atoms with van der Waals surface area (Å²) in [4.78, 5) is 11.5. The zero-order valence-corrected chi connectivity index (χ0v) is 7.77. The summed E-state index contributed by atoms with van der Waals surface area (Å²) in [5.74, 6) is 0.575. The van der Waals surface area contributed by atoms with Gasteiger partial charge in [-0.25, -0.2) is 15.2 Å². The SMILES string of the molecule is O=C(Oc1ccccc1)N1CCCN1. The minimum absolute atomic E-state index is 0.339. The van der Waals surface area contributed by atoms with E-state index in [0.717, 1.165) is 13.0 Å². The average Bonchev–Trinajstić information content (AvgIpc) is 2.72. The molecule has 1 saturated heterocycles. The standard InChI is InChI=1S/C10H12N2O2/c13-10(12-8-4-7-11-12)14-9-5-2-1-3-6-9/h1-3,5-6,11H,4,7-8H2. The van der Waals surface area contributed by atoms with Gasteiger partial charge in [-0.3, -0.25) is 0 Å². The number of rotatable bonds is 1. The van der Waals surface area contributed by atoms with Gasteiger partial charge >= 0.3 is 6.09 Å². The molecular weight excluding hydrogens is 180 g/mol. The predicted molar refractivity (Wildman–Crippen MR) is 51.8 cm³/mol. The molecule has 1 N–H and O–H groups in total. The van der Waals surface area contributed by atoms with Crippen LogP contribution in [0.5, 0.6) is 5.75 Å². The van der Waals surface area contributed by atoms with E-state index in [1.807, 2.05) is 18.2 Å². The van der Waals surface area contributed by atoms with Crippen molar-refractivity contribution in [3.05, 3.63) is 30.3 Å². The predicted octanol–water partition coefficient (Wildman–Crippen LogP) is 1.40. The molecule has 1 aromatic rings. The van der Waals surface area contributed by atoms with Crippen LogP contribution in [0.4, 0.5) is 4.79 Å². The summed E-state index contributed by atoms with van der Waals surface area (Å²) in [6, 6.07) is 9.06. The lowest BCUT2D eigenvalue weighted by molar-refractivity contribution is 0.145. The Morgan fingerprint density at radius 1 is 1.36 bits per heavy atom. The molecule has 14 heavy (non-hydrogen) atoms. The van der Waals surface area contributed by atoms with Crippen molar-refractivity contribution in [2.45, 2.75) is 6.42 Å². The molecule has 0 atom stereocenters. The second kappa shape index (κ2) is 4.11. The monoisotopic (exact) mass is 192 g/mol. The second-order valence-electron chi connectivity index (χ2n) is 3.09. The fraction of sp³-hybridized carbons (Fsp3) is 0.300. The molecule has 4 nitrogen and oxygen atoms in total. The van der Waals surface area contributed by atoms with Crippen LogP contribution in [0.3, 0.4) is 0 Å². The lowest BCUT2D eigenvalue weighted by Crippen LogP contribution is -2.38. The van der Waals surface area contributed by atoms with Crippen LogP contribution in [0.1, 0.15) is 6.42 Å². The summed E-state index contributed by atoms with van der Waals surface area (Å²) in [6.45, 7) is 1.55. The molecule has 1 fully saturated rings. The topological polar surface area (TPSA) is 41.6 Å². The van der Waals surface area contributed by atoms with Crippen LogP contribution in [0, 0.1) is 0 Å². The van der Waals surface area contributed by atoms with Gasteiger partial charge < -0.3 is 4.74 Å². The Morgan fingerprint density at radius 3 is 2.79 bits per heavy atom. The van der Waals surface area contributed by atoms with Crippen molar-refractivity contribution >= 4 is 6.09 Å². The molecule has 0 radical (unpaired) electrons. The molecule has 1 amide bonds. The number of nitrogens with zero attached hydrogens (tertiary/aromatic N) is 1. The maximum atomic E-state index is 11.5. The summed E-state index contributed by atoms with van der Waals surface area (Å²) in [5.41, 5.74) is 2.94. The molecule has 0 aliphatic carbocycles. The molecule has 74 valence electrons. The van der Waals surface area contributed by atoms with Crippen molar-refractivity contribution < 1.29 is 9.53 Å². The summed E-state index contributed by atoms with van der Waals surface area (Å²) in [7, 11) is 0. The molecule has 1 aliphatic rings. The van der Waals surface area contributed by atoms with E-state index in [4.69, 9.17) is 4.74 Å². The van der Waals surface area contributed by atoms with E-state index >= 15 is 0 Å². The largest absolute Gasteiger partial charge is 0.429 e. The average molecular weight is 192 g/mol. The van der Waals surface area contributed by atoms with Crippen LogP contribution in [-0.2, 0) is 0 Å². The first-order chi connectivity index (χ1) is 6.86. The minimum Gasteiger partial charge on any atom is -0.409 e. The van der Waals surface area contributed by atoms with Gasteiger partial charge in [-0.1, -0.05) is 18.2 Å². The van der Waals surface area contributed by atoms with E-state index in [-0.39, 0.29) is 6.09 Å². The van der Waals surface area contributed by atoms with Crippen molar-refractivity contribution in [3.8, 4) is 5.75 Å². The van der Waals surface area contributed by atoms with Gasteiger partial charge in [0.1, 0.15) is 5.75 Å². The zero-order valence-electron chi connectivity index (χ0n) is 7.77. The number of carbonyl (C=O) groups excluding carboxylic acids is 1. The number of para-hydroxylation sites is 1. The summed E-state index contributed by atoms with van der Waals surface area (Å²) in [6.07, 6.45) is 0.637. The summed E-state index contributed by atoms with van der Waals surface area (Å²) >= 11 is 0. The highest BCUT2D eigenvalue weighted by molar-refractivity contribution is 5.70.